The van der Waals surface area contributed by atoms with E-state index < -0.39 is 0 Å². The molecule has 0 bridgehead atoms. The zero-order chi connectivity index (χ0) is 11.3. The van der Waals surface area contributed by atoms with Crippen molar-refractivity contribution in [2.45, 2.75) is 13.0 Å². The second-order valence-corrected chi connectivity index (χ2v) is 3.17. The van der Waals surface area contributed by atoms with E-state index in [1.807, 2.05) is 13.0 Å². The molecule has 5 heteroatoms. The number of nitrogens with two attached hydrogens (primary N) is 1. The molecule has 0 aliphatic heterocycles. The number of nitrogens with zero attached hydrogens (tertiary/aromatic N) is 2. The number of aromatic nitrogens is 1. The van der Waals surface area contributed by atoms with Gasteiger partial charge >= 0.3 is 0 Å². The Kier molecular flexibility index (Phi) is 3.89. The van der Waals surface area contributed by atoms with Gasteiger partial charge in [-0.1, -0.05) is 0 Å². The molecule has 1 heterocycles. The van der Waals surface area contributed by atoms with Crippen LogP contribution in [-0.4, -0.2) is 24.7 Å². The minimum atomic E-state index is 0.0666. The summed E-state index contributed by atoms with van der Waals surface area (Å²) in [7, 11) is 1.63. The fraction of sp³-hybridized carbons (Fsp3) is 0.400. The van der Waals surface area contributed by atoms with Gasteiger partial charge in [-0.05, 0) is 19.1 Å². The highest BCUT2D eigenvalue weighted by molar-refractivity contribution is 5.62. The van der Waals surface area contributed by atoms with Crippen LogP contribution in [0.4, 0.5) is 11.5 Å². The van der Waals surface area contributed by atoms with Gasteiger partial charge in [-0.2, -0.15) is 5.26 Å². The molecule has 3 N–H and O–H groups in total. The minimum absolute atomic E-state index is 0.0666. The van der Waals surface area contributed by atoms with Crippen LogP contribution in [0, 0.1) is 11.3 Å². The van der Waals surface area contributed by atoms with E-state index in [9.17, 15) is 0 Å². The monoisotopic (exact) mass is 206 g/mol. The quantitative estimate of drug-likeness (QED) is 0.767. The zero-order valence-electron chi connectivity index (χ0n) is 8.82. The molecule has 0 fully saturated rings. The number of ether oxygens (including phenoxy) is 1. The highest BCUT2D eigenvalue weighted by Crippen LogP contribution is 2.15. The van der Waals surface area contributed by atoms with Crippen molar-refractivity contribution in [1.29, 1.82) is 5.26 Å². The van der Waals surface area contributed by atoms with Gasteiger partial charge in [0.1, 0.15) is 11.8 Å². The molecule has 1 atom stereocenters. The molecule has 1 aromatic heterocycles. The van der Waals surface area contributed by atoms with E-state index in [1.165, 1.54) is 0 Å². The molecule has 15 heavy (non-hydrogen) atoms. The third-order valence-electron chi connectivity index (χ3n) is 2.00. The lowest BCUT2D eigenvalue weighted by atomic mass is 10.3. The van der Waals surface area contributed by atoms with Gasteiger partial charge in [-0.15, -0.1) is 0 Å². The molecule has 5 nitrogen and oxygen atoms in total. The number of anilines is 2. The molecule has 0 spiro atoms. The number of nitrogen functional groups attached to an aromatic ring is 1. The first-order chi connectivity index (χ1) is 7.17. The number of hydrogen-bond acceptors (Lipinski definition) is 5. The van der Waals surface area contributed by atoms with E-state index in [2.05, 4.69) is 10.3 Å². The van der Waals surface area contributed by atoms with Gasteiger partial charge in [0.05, 0.1) is 11.8 Å². The van der Waals surface area contributed by atoms with Gasteiger partial charge < -0.3 is 15.8 Å². The Morgan fingerprint density at radius 3 is 3.00 bits per heavy atom. The normalized spacial score (nSPS) is 11.8. The summed E-state index contributed by atoms with van der Waals surface area (Å²) in [4.78, 5) is 4.04. The van der Waals surface area contributed by atoms with Gasteiger partial charge in [0.15, 0.2) is 5.82 Å². The fourth-order valence-corrected chi connectivity index (χ4v) is 0.998. The first-order valence-electron chi connectivity index (χ1n) is 4.60. The van der Waals surface area contributed by atoms with E-state index in [1.54, 1.807) is 19.2 Å². The van der Waals surface area contributed by atoms with Crippen LogP contribution < -0.4 is 11.1 Å². The van der Waals surface area contributed by atoms with Crippen LogP contribution in [0.3, 0.4) is 0 Å². The molecule has 1 aromatic rings. The van der Waals surface area contributed by atoms with Crippen molar-refractivity contribution in [3.8, 4) is 6.07 Å². The van der Waals surface area contributed by atoms with Crippen LogP contribution in [0.5, 0.6) is 0 Å². The zero-order valence-corrected chi connectivity index (χ0v) is 8.82. The Morgan fingerprint density at radius 2 is 2.40 bits per heavy atom. The summed E-state index contributed by atoms with van der Waals surface area (Å²) in [6, 6.07) is 5.20. The average molecular weight is 206 g/mol. The van der Waals surface area contributed by atoms with E-state index >= 15 is 0 Å². The number of nitriles is 1. The summed E-state index contributed by atoms with van der Waals surface area (Å²) in [5.74, 6) is 0.526. The maximum atomic E-state index is 8.67. The number of methoxy groups -OCH3 is 1. The lowest BCUT2D eigenvalue weighted by Gasteiger charge is -2.12. The molecule has 0 aliphatic carbocycles. The molecule has 0 unspecified atom stereocenters. The Labute approximate surface area is 88.9 Å². The SMILES string of the molecule is CO[C@H](C)CNc1nc(C#N)ccc1N. The second-order valence-electron chi connectivity index (χ2n) is 3.17. The number of hydrogen-bond donors (Lipinski definition) is 2. The molecular formula is C10H14N4O. The number of rotatable bonds is 4. The van der Waals surface area contributed by atoms with Gasteiger partial charge in [0, 0.05) is 13.7 Å². The summed E-state index contributed by atoms with van der Waals surface area (Å²) in [6.07, 6.45) is 0.0666. The predicted molar refractivity (Wildman–Crippen MR) is 58.3 cm³/mol. The van der Waals surface area contributed by atoms with Crippen molar-refractivity contribution >= 4 is 11.5 Å². The van der Waals surface area contributed by atoms with Crippen LogP contribution >= 0.6 is 0 Å². The lowest BCUT2D eigenvalue weighted by Crippen LogP contribution is -2.19. The maximum absolute atomic E-state index is 8.67. The van der Waals surface area contributed by atoms with Crippen molar-refractivity contribution in [3.63, 3.8) is 0 Å². The third kappa shape index (κ3) is 3.11. The van der Waals surface area contributed by atoms with E-state index in [4.69, 9.17) is 15.7 Å². The van der Waals surface area contributed by atoms with Crippen LogP contribution in [0.25, 0.3) is 0 Å². The summed E-state index contributed by atoms with van der Waals surface area (Å²) in [5.41, 5.74) is 6.57. The molecule has 0 amide bonds. The number of nitrogens with one attached hydrogen (secondary N) is 1. The van der Waals surface area contributed by atoms with Crippen molar-refractivity contribution in [2.24, 2.45) is 0 Å². The number of pyridine rings is 1. The summed E-state index contributed by atoms with van der Waals surface area (Å²) in [5, 5.41) is 11.7. The summed E-state index contributed by atoms with van der Waals surface area (Å²) < 4.78 is 5.07. The Balaban J connectivity index is 2.72. The van der Waals surface area contributed by atoms with Gasteiger partial charge in [0.25, 0.3) is 0 Å². The van der Waals surface area contributed by atoms with Crippen LogP contribution in [0.2, 0.25) is 0 Å². The van der Waals surface area contributed by atoms with Crippen LogP contribution in [0.15, 0.2) is 12.1 Å². The molecule has 0 aromatic carbocycles. The maximum Gasteiger partial charge on any atom is 0.150 e. The first-order valence-corrected chi connectivity index (χ1v) is 4.60. The predicted octanol–water partition coefficient (Wildman–Crippen LogP) is 0.982. The first kappa shape index (κ1) is 11.3. The van der Waals surface area contributed by atoms with Gasteiger partial charge in [-0.3, -0.25) is 0 Å². The standard InChI is InChI=1S/C10H14N4O/c1-7(15-2)6-13-10-9(12)4-3-8(5-11)14-10/h3-4,7H,6,12H2,1-2H3,(H,13,14)/t7-/m1/s1. The second kappa shape index (κ2) is 5.17. The Bertz CT molecular complexity index is 372. The highest BCUT2D eigenvalue weighted by Gasteiger charge is 2.04. The van der Waals surface area contributed by atoms with Crippen molar-refractivity contribution in [3.05, 3.63) is 17.8 Å². The molecule has 0 saturated carbocycles. The fourth-order valence-electron chi connectivity index (χ4n) is 0.998. The van der Waals surface area contributed by atoms with E-state index in [-0.39, 0.29) is 6.10 Å². The van der Waals surface area contributed by atoms with Crippen molar-refractivity contribution in [1.82, 2.24) is 4.98 Å². The minimum Gasteiger partial charge on any atom is -0.396 e. The largest absolute Gasteiger partial charge is 0.396 e. The molecule has 0 saturated heterocycles. The summed E-state index contributed by atoms with van der Waals surface area (Å²) in [6.45, 7) is 2.53. The van der Waals surface area contributed by atoms with Crippen LogP contribution in [-0.2, 0) is 4.74 Å². The Morgan fingerprint density at radius 1 is 1.67 bits per heavy atom. The van der Waals surface area contributed by atoms with E-state index in [0.29, 0.717) is 23.7 Å². The van der Waals surface area contributed by atoms with Crippen molar-refractivity contribution < 1.29 is 4.74 Å². The Hall–Kier alpha value is -1.80. The summed E-state index contributed by atoms with van der Waals surface area (Å²) >= 11 is 0. The third-order valence-corrected chi connectivity index (χ3v) is 2.00. The lowest BCUT2D eigenvalue weighted by molar-refractivity contribution is 0.128. The molecule has 80 valence electrons. The average Bonchev–Trinajstić information content (AvgIpc) is 2.27. The molecule has 0 radical (unpaired) electrons. The molecule has 0 aliphatic rings. The molecular weight excluding hydrogens is 192 g/mol. The van der Waals surface area contributed by atoms with Crippen LogP contribution in [0.1, 0.15) is 12.6 Å². The highest BCUT2D eigenvalue weighted by atomic mass is 16.5. The smallest absolute Gasteiger partial charge is 0.150 e. The van der Waals surface area contributed by atoms with Gasteiger partial charge in [0.2, 0.25) is 0 Å². The molecule has 1 rings (SSSR count). The van der Waals surface area contributed by atoms with Crippen molar-refractivity contribution in [2.75, 3.05) is 24.7 Å². The van der Waals surface area contributed by atoms with E-state index in [0.717, 1.165) is 0 Å². The van der Waals surface area contributed by atoms with Gasteiger partial charge in [-0.25, -0.2) is 4.98 Å². The topological polar surface area (TPSA) is 84.0 Å².